The summed E-state index contributed by atoms with van der Waals surface area (Å²) in [4.78, 5) is 15.7. The van der Waals surface area contributed by atoms with E-state index in [-0.39, 0.29) is 12.4 Å². The van der Waals surface area contributed by atoms with E-state index in [0.717, 1.165) is 16.9 Å². The lowest BCUT2D eigenvalue weighted by atomic mass is 10.2. The Morgan fingerprint density at radius 1 is 1.47 bits per heavy atom. The summed E-state index contributed by atoms with van der Waals surface area (Å²) in [5.41, 5.74) is 1.85. The molecule has 0 aliphatic carbocycles. The molecule has 0 amide bonds. The van der Waals surface area contributed by atoms with Crippen molar-refractivity contribution in [2.45, 2.75) is 32.9 Å². The maximum Gasteiger partial charge on any atom is 0.308 e. The Kier molecular flexibility index (Phi) is 4.16. The smallest absolute Gasteiger partial charge is 0.308 e. The number of fused-ring (bicyclic) bond motifs is 1. The van der Waals surface area contributed by atoms with Crippen LogP contribution in [-0.4, -0.2) is 33.3 Å². The zero-order valence-electron chi connectivity index (χ0n) is 11.2. The van der Waals surface area contributed by atoms with Gasteiger partial charge in [0.05, 0.1) is 36.7 Å². The molecule has 0 saturated heterocycles. The number of aliphatic hydroxyl groups excluding tert-OH is 1. The molecule has 1 N–H and O–H groups in total. The van der Waals surface area contributed by atoms with Crippen LogP contribution in [0.1, 0.15) is 19.2 Å². The minimum absolute atomic E-state index is 0.000211. The summed E-state index contributed by atoms with van der Waals surface area (Å²) in [5.74, 6) is 0.446. The number of nitrogens with zero attached hydrogens (tertiary/aromatic N) is 2. The fourth-order valence-corrected chi connectivity index (χ4v) is 2.11. The number of imidazole rings is 1. The van der Waals surface area contributed by atoms with E-state index in [1.807, 2.05) is 35.8 Å². The second-order valence-electron chi connectivity index (χ2n) is 4.42. The summed E-state index contributed by atoms with van der Waals surface area (Å²) in [7, 11) is 0. The molecule has 5 heteroatoms. The highest BCUT2D eigenvalue weighted by molar-refractivity contribution is 5.76. The number of carbonyl (C=O) groups is 1. The molecule has 19 heavy (non-hydrogen) atoms. The molecule has 102 valence electrons. The van der Waals surface area contributed by atoms with Gasteiger partial charge in [-0.1, -0.05) is 12.1 Å². The Labute approximate surface area is 111 Å². The third-order valence-electron chi connectivity index (χ3n) is 2.95. The molecule has 0 spiro atoms. The van der Waals surface area contributed by atoms with Crippen molar-refractivity contribution >= 4 is 17.0 Å². The van der Waals surface area contributed by atoms with Crippen LogP contribution in [-0.2, 0) is 16.1 Å². The van der Waals surface area contributed by atoms with Crippen molar-refractivity contribution in [3.05, 3.63) is 30.1 Å². The van der Waals surface area contributed by atoms with Gasteiger partial charge in [-0.05, 0) is 26.0 Å². The molecule has 1 aromatic heterocycles. The number of hydrogen-bond acceptors (Lipinski definition) is 4. The average Bonchev–Trinajstić information content (AvgIpc) is 2.66. The largest absolute Gasteiger partial charge is 0.466 e. The third-order valence-corrected chi connectivity index (χ3v) is 2.95. The predicted octanol–water partition coefficient (Wildman–Crippen LogP) is 1.66. The van der Waals surface area contributed by atoms with Crippen LogP contribution in [0.5, 0.6) is 0 Å². The Balaban J connectivity index is 2.12. The lowest BCUT2D eigenvalue weighted by molar-refractivity contribution is -0.145. The first-order valence-electron chi connectivity index (χ1n) is 6.37. The van der Waals surface area contributed by atoms with Crippen LogP contribution in [0, 0.1) is 6.92 Å². The lowest BCUT2D eigenvalue weighted by Gasteiger charge is -2.12. The zero-order valence-corrected chi connectivity index (χ0v) is 11.2. The van der Waals surface area contributed by atoms with Crippen LogP contribution in [0.15, 0.2) is 24.3 Å². The highest BCUT2D eigenvalue weighted by atomic mass is 16.5. The van der Waals surface area contributed by atoms with Gasteiger partial charge in [0.25, 0.3) is 0 Å². The first kappa shape index (κ1) is 13.5. The first-order valence-corrected chi connectivity index (χ1v) is 6.37. The van der Waals surface area contributed by atoms with Gasteiger partial charge < -0.3 is 14.4 Å². The second kappa shape index (κ2) is 5.84. The number of esters is 1. The third kappa shape index (κ3) is 3.12. The van der Waals surface area contributed by atoms with Crippen LogP contribution >= 0.6 is 0 Å². The van der Waals surface area contributed by atoms with Crippen molar-refractivity contribution in [2.24, 2.45) is 0 Å². The van der Waals surface area contributed by atoms with Crippen molar-refractivity contribution in [2.75, 3.05) is 6.61 Å². The maximum absolute atomic E-state index is 11.3. The van der Waals surface area contributed by atoms with Crippen LogP contribution in [0.3, 0.4) is 0 Å². The van der Waals surface area contributed by atoms with E-state index >= 15 is 0 Å². The molecule has 0 bridgehead atoms. The highest BCUT2D eigenvalue weighted by Crippen LogP contribution is 2.16. The molecule has 5 nitrogen and oxygen atoms in total. The van der Waals surface area contributed by atoms with Crippen molar-refractivity contribution in [3.8, 4) is 0 Å². The van der Waals surface area contributed by atoms with E-state index in [1.165, 1.54) is 0 Å². The minimum Gasteiger partial charge on any atom is -0.466 e. The van der Waals surface area contributed by atoms with Crippen LogP contribution in [0.25, 0.3) is 11.0 Å². The summed E-state index contributed by atoms with van der Waals surface area (Å²) in [6, 6.07) is 7.73. The Morgan fingerprint density at radius 3 is 2.95 bits per heavy atom. The van der Waals surface area contributed by atoms with Gasteiger partial charge in [0.1, 0.15) is 5.82 Å². The van der Waals surface area contributed by atoms with Crippen LogP contribution in [0.4, 0.5) is 0 Å². The molecule has 0 radical (unpaired) electrons. The van der Waals surface area contributed by atoms with Crippen molar-refractivity contribution in [1.29, 1.82) is 0 Å². The molecule has 0 saturated carbocycles. The summed E-state index contributed by atoms with van der Waals surface area (Å²) in [5, 5.41) is 9.95. The van der Waals surface area contributed by atoms with Crippen LogP contribution in [0.2, 0.25) is 0 Å². The monoisotopic (exact) mass is 262 g/mol. The Morgan fingerprint density at radius 2 is 2.21 bits per heavy atom. The van der Waals surface area contributed by atoms with Crippen molar-refractivity contribution < 1.29 is 14.6 Å². The number of rotatable bonds is 5. The quantitative estimate of drug-likeness (QED) is 0.832. The molecule has 2 rings (SSSR count). The molecule has 1 heterocycles. The second-order valence-corrected chi connectivity index (χ2v) is 4.42. The number of carbonyl (C=O) groups excluding carboxylic acids is 1. The summed E-state index contributed by atoms with van der Waals surface area (Å²) in [6.45, 7) is 4.30. The molecule has 1 aromatic carbocycles. The molecule has 1 atom stereocenters. The lowest BCUT2D eigenvalue weighted by Crippen LogP contribution is -2.21. The van der Waals surface area contributed by atoms with E-state index in [1.54, 1.807) is 6.92 Å². The van der Waals surface area contributed by atoms with Gasteiger partial charge in [-0.2, -0.15) is 0 Å². The SMILES string of the molecule is CCOC(=O)CC(O)Cn1c(C)nc2ccccc21. The number of ether oxygens (including phenoxy) is 1. The maximum atomic E-state index is 11.3. The van der Waals surface area contributed by atoms with E-state index in [0.29, 0.717) is 13.2 Å². The zero-order chi connectivity index (χ0) is 13.8. The first-order chi connectivity index (χ1) is 9.11. The fraction of sp³-hybridized carbons (Fsp3) is 0.429. The van der Waals surface area contributed by atoms with Gasteiger partial charge >= 0.3 is 5.97 Å². The van der Waals surface area contributed by atoms with Gasteiger partial charge in [0, 0.05) is 0 Å². The van der Waals surface area contributed by atoms with E-state index in [2.05, 4.69) is 4.98 Å². The van der Waals surface area contributed by atoms with E-state index in [4.69, 9.17) is 4.74 Å². The van der Waals surface area contributed by atoms with Gasteiger partial charge in [-0.15, -0.1) is 0 Å². The molecule has 1 unspecified atom stereocenters. The highest BCUT2D eigenvalue weighted by Gasteiger charge is 2.15. The molecule has 0 aliphatic heterocycles. The number of aliphatic hydroxyl groups is 1. The van der Waals surface area contributed by atoms with E-state index < -0.39 is 6.10 Å². The van der Waals surface area contributed by atoms with Gasteiger partial charge in [0.2, 0.25) is 0 Å². The number of hydrogen-bond donors (Lipinski definition) is 1. The molecular weight excluding hydrogens is 244 g/mol. The number of benzene rings is 1. The minimum atomic E-state index is -0.768. The summed E-state index contributed by atoms with van der Waals surface area (Å²) < 4.78 is 6.74. The molecule has 2 aromatic rings. The summed E-state index contributed by atoms with van der Waals surface area (Å²) >= 11 is 0. The fourth-order valence-electron chi connectivity index (χ4n) is 2.11. The molecule has 0 fully saturated rings. The predicted molar refractivity (Wildman–Crippen MR) is 71.7 cm³/mol. The van der Waals surface area contributed by atoms with Gasteiger partial charge in [-0.25, -0.2) is 4.98 Å². The van der Waals surface area contributed by atoms with Gasteiger partial charge in [0.15, 0.2) is 0 Å². The number of aromatic nitrogens is 2. The van der Waals surface area contributed by atoms with E-state index in [9.17, 15) is 9.90 Å². The topological polar surface area (TPSA) is 64.3 Å². The van der Waals surface area contributed by atoms with Gasteiger partial charge in [-0.3, -0.25) is 4.79 Å². The van der Waals surface area contributed by atoms with Crippen molar-refractivity contribution in [3.63, 3.8) is 0 Å². The number of aryl methyl sites for hydroxylation is 1. The normalized spacial score (nSPS) is 12.6. The standard InChI is InChI=1S/C14H18N2O3/c1-3-19-14(18)8-11(17)9-16-10(2)15-12-6-4-5-7-13(12)16/h4-7,11,17H,3,8-9H2,1-2H3. The van der Waals surface area contributed by atoms with Crippen molar-refractivity contribution in [1.82, 2.24) is 9.55 Å². The molecule has 0 aliphatic rings. The Bertz CT molecular complexity index is 577. The van der Waals surface area contributed by atoms with Crippen LogP contribution < -0.4 is 0 Å². The Hall–Kier alpha value is -1.88. The summed E-state index contributed by atoms with van der Waals surface area (Å²) in [6.07, 6.45) is -0.768. The molecular formula is C14H18N2O3. The average molecular weight is 262 g/mol. The number of para-hydroxylation sites is 2.